The van der Waals surface area contributed by atoms with Crippen LogP contribution in [0, 0.1) is 0 Å². The predicted molar refractivity (Wildman–Crippen MR) is 99.6 cm³/mol. The summed E-state index contributed by atoms with van der Waals surface area (Å²) >= 11 is 5.90. The fraction of sp³-hybridized carbons (Fsp3) is 0.316. The van der Waals surface area contributed by atoms with Crippen molar-refractivity contribution in [1.29, 1.82) is 0 Å². The van der Waals surface area contributed by atoms with Gasteiger partial charge < -0.3 is 20.4 Å². The van der Waals surface area contributed by atoms with E-state index in [2.05, 4.69) is 4.98 Å². The van der Waals surface area contributed by atoms with Gasteiger partial charge in [0.05, 0.1) is 11.0 Å². The fourth-order valence-electron chi connectivity index (χ4n) is 3.54. The van der Waals surface area contributed by atoms with Crippen molar-refractivity contribution in [1.82, 2.24) is 14.5 Å². The van der Waals surface area contributed by atoms with Gasteiger partial charge >= 0.3 is 0 Å². The van der Waals surface area contributed by atoms with Gasteiger partial charge in [-0.15, -0.1) is 0 Å². The average Bonchev–Trinajstić information content (AvgIpc) is 3.30. The SMILES string of the molecule is OC(O)(c1nc2ccccc2n1C(O)(O)c1ccc(Cl)cc1)N1CCCC1. The maximum atomic E-state index is 11.0. The van der Waals surface area contributed by atoms with Crippen LogP contribution in [0.25, 0.3) is 11.0 Å². The number of halogens is 1. The Hall–Kier alpha value is -2.00. The summed E-state index contributed by atoms with van der Waals surface area (Å²) in [5.74, 6) is -5.27. The first-order chi connectivity index (χ1) is 12.8. The topological polar surface area (TPSA) is 102 Å². The lowest BCUT2D eigenvalue weighted by molar-refractivity contribution is -0.285. The summed E-state index contributed by atoms with van der Waals surface area (Å²) in [6, 6.07) is 12.8. The van der Waals surface area contributed by atoms with Crippen LogP contribution in [0.1, 0.15) is 24.2 Å². The van der Waals surface area contributed by atoms with Gasteiger partial charge in [-0.05, 0) is 37.1 Å². The predicted octanol–water partition coefficient (Wildman–Crippen LogP) is 1.52. The van der Waals surface area contributed by atoms with E-state index in [0.717, 1.165) is 17.4 Å². The van der Waals surface area contributed by atoms with E-state index in [1.54, 1.807) is 24.3 Å². The zero-order chi connectivity index (χ0) is 19.2. The van der Waals surface area contributed by atoms with Gasteiger partial charge in [-0.1, -0.05) is 35.9 Å². The highest BCUT2D eigenvalue weighted by Gasteiger charge is 2.45. The van der Waals surface area contributed by atoms with Crippen LogP contribution in [0.3, 0.4) is 0 Å². The number of hydrogen-bond acceptors (Lipinski definition) is 6. The molecule has 4 rings (SSSR count). The molecule has 1 aliphatic rings. The van der Waals surface area contributed by atoms with E-state index in [9.17, 15) is 20.4 Å². The minimum Gasteiger partial charge on any atom is -0.347 e. The van der Waals surface area contributed by atoms with Crippen LogP contribution in [0.15, 0.2) is 48.5 Å². The highest BCUT2D eigenvalue weighted by Crippen LogP contribution is 2.34. The molecule has 0 saturated carbocycles. The first kappa shape index (κ1) is 18.4. The number of para-hydroxylation sites is 2. The maximum absolute atomic E-state index is 11.0. The molecule has 4 N–H and O–H groups in total. The number of fused-ring (bicyclic) bond motifs is 1. The van der Waals surface area contributed by atoms with Crippen LogP contribution in [-0.2, 0) is 11.8 Å². The molecule has 3 aromatic rings. The van der Waals surface area contributed by atoms with Crippen LogP contribution in [0.4, 0.5) is 0 Å². The smallest absolute Gasteiger partial charge is 0.287 e. The molecule has 2 aromatic carbocycles. The first-order valence-corrected chi connectivity index (χ1v) is 9.08. The van der Waals surface area contributed by atoms with Gasteiger partial charge in [0.25, 0.3) is 11.8 Å². The Labute approximate surface area is 160 Å². The summed E-state index contributed by atoms with van der Waals surface area (Å²) in [6.07, 6.45) is 1.65. The van der Waals surface area contributed by atoms with E-state index in [4.69, 9.17) is 11.6 Å². The molecule has 1 aromatic heterocycles. The zero-order valence-electron chi connectivity index (χ0n) is 14.5. The van der Waals surface area contributed by atoms with E-state index in [-0.39, 0.29) is 11.4 Å². The summed E-state index contributed by atoms with van der Waals surface area (Å²) in [4.78, 5) is 5.77. The number of nitrogens with zero attached hydrogens (tertiary/aromatic N) is 3. The molecular weight excluding hydrogens is 370 g/mol. The fourth-order valence-corrected chi connectivity index (χ4v) is 3.67. The first-order valence-electron chi connectivity index (χ1n) is 8.71. The molecule has 0 spiro atoms. The second-order valence-corrected chi connectivity index (χ2v) is 7.17. The quantitative estimate of drug-likeness (QED) is 0.505. The van der Waals surface area contributed by atoms with Gasteiger partial charge in [0, 0.05) is 23.7 Å². The summed E-state index contributed by atoms with van der Waals surface area (Å²) in [5.41, 5.74) is 0.897. The van der Waals surface area contributed by atoms with Crippen molar-refractivity contribution in [3.05, 3.63) is 64.9 Å². The van der Waals surface area contributed by atoms with E-state index in [0.29, 0.717) is 29.1 Å². The van der Waals surface area contributed by atoms with E-state index in [1.165, 1.54) is 29.2 Å². The lowest BCUT2D eigenvalue weighted by atomic mass is 10.1. The number of imidazole rings is 1. The molecule has 1 aliphatic heterocycles. The van der Waals surface area contributed by atoms with Crippen LogP contribution in [0.2, 0.25) is 5.02 Å². The van der Waals surface area contributed by atoms with Gasteiger partial charge in [-0.3, -0.25) is 4.57 Å². The molecule has 7 nitrogen and oxygen atoms in total. The van der Waals surface area contributed by atoms with Crippen molar-refractivity contribution in [3.8, 4) is 0 Å². The third kappa shape index (κ3) is 3.02. The molecule has 8 heteroatoms. The van der Waals surface area contributed by atoms with Gasteiger partial charge in [0.1, 0.15) is 0 Å². The summed E-state index contributed by atoms with van der Waals surface area (Å²) in [7, 11) is 0. The molecule has 1 saturated heterocycles. The van der Waals surface area contributed by atoms with Crippen molar-refractivity contribution < 1.29 is 20.4 Å². The van der Waals surface area contributed by atoms with Gasteiger partial charge in [-0.25, -0.2) is 9.88 Å². The van der Waals surface area contributed by atoms with Crippen molar-refractivity contribution in [2.24, 2.45) is 0 Å². The monoisotopic (exact) mass is 389 g/mol. The van der Waals surface area contributed by atoms with Crippen molar-refractivity contribution in [2.45, 2.75) is 24.7 Å². The Morgan fingerprint density at radius 3 is 2.15 bits per heavy atom. The zero-order valence-corrected chi connectivity index (χ0v) is 15.2. The third-order valence-electron chi connectivity index (χ3n) is 4.95. The molecule has 0 atom stereocenters. The molecule has 0 amide bonds. The highest BCUT2D eigenvalue weighted by molar-refractivity contribution is 6.30. The average molecular weight is 390 g/mol. The Morgan fingerprint density at radius 1 is 0.852 bits per heavy atom. The molecule has 0 unspecified atom stereocenters. The minimum absolute atomic E-state index is 0.119. The van der Waals surface area contributed by atoms with Gasteiger partial charge in [-0.2, -0.15) is 0 Å². The van der Waals surface area contributed by atoms with Crippen molar-refractivity contribution >= 4 is 22.6 Å². The van der Waals surface area contributed by atoms with Gasteiger partial charge in [0.15, 0.2) is 5.82 Å². The summed E-state index contributed by atoms with van der Waals surface area (Å²) < 4.78 is 1.05. The number of rotatable bonds is 4. The molecule has 27 heavy (non-hydrogen) atoms. The minimum atomic E-state index is -2.56. The molecule has 142 valence electrons. The summed E-state index contributed by atoms with van der Waals surface area (Å²) in [6.45, 7) is 0.946. The molecule has 0 aliphatic carbocycles. The van der Waals surface area contributed by atoms with E-state index < -0.39 is 11.8 Å². The molecule has 2 heterocycles. The van der Waals surface area contributed by atoms with Crippen molar-refractivity contribution in [3.63, 3.8) is 0 Å². The third-order valence-corrected chi connectivity index (χ3v) is 5.20. The second-order valence-electron chi connectivity index (χ2n) is 6.73. The highest BCUT2D eigenvalue weighted by atomic mass is 35.5. The Bertz CT molecular complexity index is 963. The lowest BCUT2D eigenvalue weighted by Crippen LogP contribution is -2.49. The lowest BCUT2D eigenvalue weighted by Gasteiger charge is -2.34. The van der Waals surface area contributed by atoms with Crippen LogP contribution in [-0.4, -0.2) is 48.0 Å². The van der Waals surface area contributed by atoms with Gasteiger partial charge in [0.2, 0.25) is 0 Å². The normalized spacial score (nSPS) is 16.3. The van der Waals surface area contributed by atoms with Crippen LogP contribution in [0.5, 0.6) is 0 Å². The largest absolute Gasteiger partial charge is 0.347 e. The number of benzene rings is 2. The van der Waals surface area contributed by atoms with Crippen LogP contribution < -0.4 is 0 Å². The number of likely N-dealkylation sites (tertiary alicyclic amines) is 1. The number of hydrogen-bond donors (Lipinski definition) is 4. The van der Waals surface area contributed by atoms with Crippen LogP contribution >= 0.6 is 11.6 Å². The second kappa shape index (κ2) is 6.56. The molecule has 0 radical (unpaired) electrons. The molecular formula is C19H20ClN3O4. The maximum Gasteiger partial charge on any atom is 0.287 e. The summed E-state index contributed by atoms with van der Waals surface area (Å²) in [5, 5.41) is 44.2. The Kier molecular flexibility index (Phi) is 4.46. The number of aliphatic hydroxyl groups is 4. The Balaban J connectivity index is 1.94. The Morgan fingerprint density at radius 2 is 1.48 bits per heavy atom. The number of aromatic nitrogens is 2. The standard InChI is InChI=1S/C19H20ClN3O4/c20-14-9-7-13(8-10-14)18(24,25)23-16-6-2-1-5-15(16)21-17(23)19(26,27)22-11-3-4-12-22/h1-2,5-10,24-27H,3-4,11-12H2. The van der Waals surface area contributed by atoms with E-state index in [1.807, 2.05) is 0 Å². The van der Waals surface area contributed by atoms with E-state index >= 15 is 0 Å². The molecule has 1 fully saturated rings. The molecule has 0 bridgehead atoms. The van der Waals surface area contributed by atoms with Crippen molar-refractivity contribution in [2.75, 3.05) is 13.1 Å².